The Morgan fingerprint density at radius 1 is 1.29 bits per heavy atom. The van der Waals surface area contributed by atoms with E-state index in [-0.39, 0.29) is 5.54 Å². The van der Waals surface area contributed by atoms with Crippen molar-refractivity contribution in [3.63, 3.8) is 0 Å². The molecule has 0 spiro atoms. The molecule has 3 heteroatoms. The van der Waals surface area contributed by atoms with Gasteiger partial charge in [0.25, 0.3) is 0 Å². The maximum Gasteiger partial charge on any atom is 0.188 e. The summed E-state index contributed by atoms with van der Waals surface area (Å²) >= 11 is 0. The van der Waals surface area contributed by atoms with Gasteiger partial charge in [0.2, 0.25) is 0 Å². The standard InChI is InChI=1S/C11H25N3/c1-8(2)9(3)7-13-10(12)14-11(4,5)6/h8-9H,7H2,1-6H3,(H3,12,13,14). The quantitative estimate of drug-likeness (QED) is 0.539. The summed E-state index contributed by atoms with van der Waals surface area (Å²) in [4.78, 5) is 4.31. The highest BCUT2D eigenvalue weighted by Gasteiger charge is 2.10. The molecule has 0 saturated carbocycles. The van der Waals surface area contributed by atoms with Crippen molar-refractivity contribution in [2.75, 3.05) is 6.54 Å². The number of hydrogen-bond acceptors (Lipinski definition) is 1. The van der Waals surface area contributed by atoms with E-state index in [1.807, 2.05) is 0 Å². The van der Waals surface area contributed by atoms with E-state index < -0.39 is 0 Å². The minimum atomic E-state index is -0.00531. The number of rotatable bonds is 3. The molecule has 0 radical (unpaired) electrons. The normalized spacial score (nSPS) is 15.8. The van der Waals surface area contributed by atoms with Crippen LogP contribution in [-0.4, -0.2) is 18.0 Å². The molecular weight excluding hydrogens is 174 g/mol. The second-order valence-corrected chi connectivity index (χ2v) is 5.32. The van der Waals surface area contributed by atoms with Crippen molar-refractivity contribution in [1.82, 2.24) is 5.32 Å². The van der Waals surface area contributed by atoms with Gasteiger partial charge in [-0.2, -0.15) is 0 Å². The summed E-state index contributed by atoms with van der Waals surface area (Å²) in [6.07, 6.45) is 0. The SMILES string of the molecule is CC(C)C(C)CN=C(N)NC(C)(C)C. The number of hydrogen-bond donors (Lipinski definition) is 2. The van der Waals surface area contributed by atoms with Crippen molar-refractivity contribution in [3.8, 4) is 0 Å². The van der Waals surface area contributed by atoms with Crippen LogP contribution in [0.15, 0.2) is 4.99 Å². The highest BCUT2D eigenvalue weighted by atomic mass is 15.1. The zero-order valence-electron chi connectivity index (χ0n) is 10.4. The lowest BCUT2D eigenvalue weighted by molar-refractivity contribution is 0.428. The minimum absolute atomic E-state index is 0.00531. The lowest BCUT2D eigenvalue weighted by Crippen LogP contribution is -2.45. The first-order valence-corrected chi connectivity index (χ1v) is 5.30. The van der Waals surface area contributed by atoms with Crippen molar-refractivity contribution in [1.29, 1.82) is 0 Å². The summed E-state index contributed by atoms with van der Waals surface area (Å²) in [5.41, 5.74) is 5.74. The topological polar surface area (TPSA) is 50.4 Å². The van der Waals surface area contributed by atoms with Gasteiger partial charge in [0.15, 0.2) is 5.96 Å². The van der Waals surface area contributed by atoms with Crippen LogP contribution < -0.4 is 11.1 Å². The Kier molecular flexibility index (Phi) is 4.95. The monoisotopic (exact) mass is 199 g/mol. The molecular formula is C11H25N3. The van der Waals surface area contributed by atoms with Crippen molar-refractivity contribution in [2.45, 2.75) is 47.1 Å². The molecule has 0 amide bonds. The van der Waals surface area contributed by atoms with Crippen LogP contribution in [0.4, 0.5) is 0 Å². The number of nitrogens with two attached hydrogens (primary N) is 1. The number of nitrogens with zero attached hydrogens (tertiary/aromatic N) is 1. The minimum Gasteiger partial charge on any atom is -0.370 e. The second-order valence-electron chi connectivity index (χ2n) is 5.32. The largest absolute Gasteiger partial charge is 0.370 e. The summed E-state index contributed by atoms with van der Waals surface area (Å²) in [5, 5.41) is 3.14. The van der Waals surface area contributed by atoms with Gasteiger partial charge in [-0.25, -0.2) is 0 Å². The van der Waals surface area contributed by atoms with E-state index in [0.29, 0.717) is 17.8 Å². The lowest BCUT2D eigenvalue weighted by Gasteiger charge is -2.21. The van der Waals surface area contributed by atoms with Crippen LogP contribution in [0, 0.1) is 11.8 Å². The molecule has 0 aromatic carbocycles. The lowest BCUT2D eigenvalue weighted by atomic mass is 9.99. The Labute approximate surface area is 88.2 Å². The molecule has 0 aliphatic rings. The van der Waals surface area contributed by atoms with Crippen molar-refractivity contribution >= 4 is 5.96 Å². The highest BCUT2D eigenvalue weighted by molar-refractivity contribution is 5.78. The number of nitrogens with one attached hydrogen (secondary N) is 1. The van der Waals surface area contributed by atoms with E-state index >= 15 is 0 Å². The average Bonchev–Trinajstić information content (AvgIpc) is 1.96. The fraction of sp³-hybridized carbons (Fsp3) is 0.909. The van der Waals surface area contributed by atoms with Crippen LogP contribution in [-0.2, 0) is 0 Å². The third-order valence-corrected chi connectivity index (χ3v) is 2.19. The van der Waals surface area contributed by atoms with Gasteiger partial charge in [-0.3, -0.25) is 4.99 Å². The van der Waals surface area contributed by atoms with Gasteiger partial charge < -0.3 is 11.1 Å². The zero-order valence-corrected chi connectivity index (χ0v) is 10.4. The van der Waals surface area contributed by atoms with E-state index in [0.717, 1.165) is 6.54 Å². The van der Waals surface area contributed by atoms with Crippen molar-refractivity contribution < 1.29 is 0 Å². The summed E-state index contributed by atoms with van der Waals surface area (Å²) in [6, 6.07) is 0. The molecule has 84 valence electrons. The van der Waals surface area contributed by atoms with E-state index in [9.17, 15) is 0 Å². The van der Waals surface area contributed by atoms with Crippen LogP contribution in [0.5, 0.6) is 0 Å². The Hall–Kier alpha value is -0.730. The molecule has 0 aliphatic heterocycles. The van der Waals surface area contributed by atoms with E-state index in [2.05, 4.69) is 51.9 Å². The van der Waals surface area contributed by atoms with E-state index in [1.54, 1.807) is 0 Å². The maximum atomic E-state index is 5.75. The Morgan fingerprint density at radius 3 is 2.14 bits per heavy atom. The fourth-order valence-corrected chi connectivity index (χ4v) is 0.877. The molecule has 3 nitrogen and oxygen atoms in total. The Bertz CT molecular complexity index is 189. The van der Waals surface area contributed by atoms with Crippen molar-refractivity contribution in [2.24, 2.45) is 22.6 Å². The van der Waals surface area contributed by atoms with Crippen molar-refractivity contribution in [3.05, 3.63) is 0 Å². The second kappa shape index (κ2) is 5.23. The highest BCUT2D eigenvalue weighted by Crippen LogP contribution is 2.09. The molecule has 14 heavy (non-hydrogen) atoms. The van der Waals surface area contributed by atoms with Crippen LogP contribution >= 0.6 is 0 Å². The molecule has 0 fully saturated rings. The smallest absolute Gasteiger partial charge is 0.188 e. The third kappa shape index (κ3) is 6.75. The fourth-order valence-electron chi connectivity index (χ4n) is 0.877. The van der Waals surface area contributed by atoms with E-state index in [1.165, 1.54) is 0 Å². The average molecular weight is 199 g/mol. The van der Waals surface area contributed by atoms with Gasteiger partial charge in [-0.05, 0) is 32.6 Å². The van der Waals surface area contributed by atoms with Crippen LogP contribution in [0.1, 0.15) is 41.5 Å². The molecule has 0 heterocycles. The van der Waals surface area contributed by atoms with Crippen LogP contribution in [0.2, 0.25) is 0 Å². The first kappa shape index (κ1) is 13.3. The Morgan fingerprint density at radius 2 is 1.79 bits per heavy atom. The van der Waals surface area contributed by atoms with Crippen LogP contribution in [0.3, 0.4) is 0 Å². The molecule has 0 aromatic heterocycles. The van der Waals surface area contributed by atoms with Gasteiger partial charge in [-0.1, -0.05) is 20.8 Å². The summed E-state index contributed by atoms with van der Waals surface area (Å²) in [6.45, 7) is 13.6. The van der Waals surface area contributed by atoms with Gasteiger partial charge in [0.1, 0.15) is 0 Å². The molecule has 0 saturated heterocycles. The number of aliphatic imine (C=N–C) groups is 1. The molecule has 0 rings (SSSR count). The summed E-state index contributed by atoms with van der Waals surface area (Å²) in [7, 11) is 0. The van der Waals surface area contributed by atoms with E-state index in [4.69, 9.17) is 5.73 Å². The molecule has 0 aromatic rings. The molecule has 3 N–H and O–H groups in total. The molecule has 1 unspecified atom stereocenters. The predicted molar refractivity (Wildman–Crippen MR) is 63.4 cm³/mol. The zero-order chi connectivity index (χ0) is 11.4. The molecule has 0 aliphatic carbocycles. The number of guanidine groups is 1. The molecule has 0 bridgehead atoms. The van der Waals surface area contributed by atoms with Gasteiger partial charge in [0.05, 0.1) is 0 Å². The summed E-state index contributed by atoms with van der Waals surface area (Å²) < 4.78 is 0. The predicted octanol–water partition coefficient (Wildman–Crippen LogP) is 1.98. The maximum absolute atomic E-state index is 5.75. The molecule has 1 atom stereocenters. The van der Waals surface area contributed by atoms with Gasteiger partial charge in [0, 0.05) is 12.1 Å². The van der Waals surface area contributed by atoms with Crippen LogP contribution in [0.25, 0.3) is 0 Å². The first-order valence-electron chi connectivity index (χ1n) is 5.30. The third-order valence-electron chi connectivity index (χ3n) is 2.19. The van der Waals surface area contributed by atoms with Gasteiger partial charge in [-0.15, -0.1) is 0 Å². The summed E-state index contributed by atoms with van der Waals surface area (Å²) in [5.74, 6) is 1.78. The first-order chi connectivity index (χ1) is 6.22. The Balaban J connectivity index is 4.00. The van der Waals surface area contributed by atoms with Gasteiger partial charge >= 0.3 is 0 Å².